The third-order valence-electron chi connectivity index (χ3n) is 3.42. The van der Waals surface area contributed by atoms with Gasteiger partial charge < -0.3 is 0 Å². The van der Waals surface area contributed by atoms with Gasteiger partial charge in [0.2, 0.25) is 0 Å². The summed E-state index contributed by atoms with van der Waals surface area (Å²) in [5.41, 5.74) is 0. The van der Waals surface area contributed by atoms with Crippen LogP contribution in [0, 0.1) is 6.20 Å². The summed E-state index contributed by atoms with van der Waals surface area (Å²) in [4.78, 5) is 7.31. The molecule has 0 spiro atoms. The molecule has 2 fully saturated rings. The van der Waals surface area contributed by atoms with Crippen LogP contribution in [0.2, 0.25) is 0 Å². The average molecular weight is 402 g/mol. The van der Waals surface area contributed by atoms with E-state index in [1.54, 1.807) is 0 Å². The van der Waals surface area contributed by atoms with Gasteiger partial charge in [-0.25, -0.2) is 0 Å². The maximum absolute atomic E-state index is 3.33. The Kier molecular flexibility index (Phi) is 5.14. The van der Waals surface area contributed by atoms with Gasteiger partial charge in [-0.05, 0) is 7.05 Å². The van der Waals surface area contributed by atoms with Gasteiger partial charge in [-0.2, -0.15) is 0 Å². The molecule has 0 atom stereocenters. The van der Waals surface area contributed by atoms with Crippen molar-refractivity contribution in [2.24, 2.45) is 0 Å². The van der Waals surface area contributed by atoms with Crippen LogP contribution in [0.3, 0.4) is 0 Å². The predicted molar refractivity (Wildman–Crippen MR) is 67.4 cm³/mol. The summed E-state index contributed by atoms with van der Waals surface area (Å²) in [7, 11) is 2.20. The van der Waals surface area contributed by atoms with E-state index in [1.165, 1.54) is 45.5 Å². The summed E-state index contributed by atoms with van der Waals surface area (Å²) < 4.78 is 2.11. The molecule has 0 aromatic carbocycles. The molecule has 0 aromatic heterocycles. The van der Waals surface area contributed by atoms with Crippen molar-refractivity contribution in [1.82, 2.24) is 14.7 Å². The molecule has 94 valence electrons. The first-order chi connectivity index (χ1) is 8.29. The Hall–Kier alpha value is -0.242. The predicted octanol–water partition coefficient (Wildman–Crippen LogP) is 0.140. The van der Waals surface area contributed by atoms with E-state index >= 15 is 0 Å². The van der Waals surface area contributed by atoms with Crippen molar-refractivity contribution in [1.29, 1.82) is 0 Å². The van der Waals surface area contributed by atoms with Crippen molar-refractivity contribution in [2.75, 3.05) is 46.3 Å². The minimum atomic E-state index is 0.809. The average Bonchev–Trinajstić information content (AvgIpc) is 2.32. The topological polar surface area (TPSA) is 9.72 Å². The molecule has 0 unspecified atom stereocenters. The first-order valence-electron chi connectivity index (χ1n) is 6.17. The second-order valence-corrected chi connectivity index (χ2v) is 5.69. The van der Waals surface area contributed by atoms with Crippen molar-refractivity contribution >= 4 is 4.40 Å². The Morgan fingerprint density at radius 3 is 2.41 bits per heavy atom. The molecule has 17 heavy (non-hydrogen) atoms. The maximum atomic E-state index is 3.33. The Morgan fingerprint density at radius 2 is 1.82 bits per heavy atom. The monoisotopic (exact) mass is 402 g/mol. The zero-order valence-electron chi connectivity index (χ0n) is 10.4. The fraction of sp³-hybridized carbons (Fsp3) is 0.615. The summed E-state index contributed by atoms with van der Waals surface area (Å²) in [6, 6.07) is 0.809. The van der Waals surface area contributed by atoms with E-state index in [4.69, 9.17) is 0 Å². The van der Waals surface area contributed by atoms with Crippen molar-refractivity contribution in [3.63, 3.8) is 0 Å². The molecule has 2 aliphatic rings. The molecule has 0 amide bonds. The number of hydrogen-bond donors (Lipinski definition) is 0. The van der Waals surface area contributed by atoms with Crippen LogP contribution >= 0.6 is 0 Å². The third kappa shape index (κ3) is 3.87. The minimum absolute atomic E-state index is 0.809. The van der Waals surface area contributed by atoms with Crippen LogP contribution in [-0.4, -0.2) is 71.5 Å². The number of piperazine rings is 1. The van der Waals surface area contributed by atoms with E-state index in [0.29, 0.717) is 0 Å². The Balaban J connectivity index is 1.69. The molecule has 3 nitrogen and oxygen atoms in total. The van der Waals surface area contributed by atoms with Gasteiger partial charge in [-0.3, -0.25) is 0 Å². The van der Waals surface area contributed by atoms with E-state index in [0.717, 1.165) is 19.1 Å². The summed E-state index contributed by atoms with van der Waals surface area (Å²) in [6.45, 7) is 7.10. The van der Waals surface area contributed by atoms with Crippen LogP contribution in [0.5, 0.6) is 0 Å². The Bertz CT molecular complexity index is 300. The van der Waals surface area contributed by atoms with Crippen LogP contribution in [0.15, 0.2) is 18.2 Å². The van der Waals surface area contributed by atoms with E-state index in [9.17, 15) is 0 Å². The first kappa shape index (κ1) is 13.2. The van der Waals surface area contributed by atoms with Gasteiger partial charge in [0.15, 0.2) is 0 Å². The van der Waals surface area contributed by atoms with E-state index < -0.39 is 0 Å². The molecule has 0 aromatic rings. The number of allylic oxidation sites excluding steroid dienone is 3. The van der Waals surface area contributed by atoms with E-state index in [-0.39, 0.29) is 0 Å². The Labute approximate surface area is 115 Å². The Morgan fingerprint density at radius 1 is 1.12 bits per heavy atom. The summed E-state index contributed by atoms with van der Waals surface area (Å²) in [6.07, 6.45) is 9.48. The van der Waals surface area contributed by atoms with Gasteiger partial charge in [0, 0.05) is 0 Å². The molecule has 0 aliphatic carbocycles. The van der Waals surface area contributed by atoms with E-state index in [2.05, 4.69) is 44.5 Å². The number of likely N-dealkylation sites (tertiary alicyclic amines) is 1. The van der Waals surface area contributed by atoms with Gasteiger partial charge >= 0.3 is 108 Å². The summed E-state index contributed by atoms with van der Waals surface area (Å²) in [5, 5.41) is 0. The molecule has 2 saturated heterocycles. The summed E-state index contributed by atoms with van der Waals surface area (Å²) >= 11 is 1.49. The zero-order chi connectivity index (χ0) is 12.1. The van der Waals surface area contributed by atoms with Gasteiger partial charge in [-0.15, -0.1) is 0 Å². The summed E-state index contributed by atoms with van der Waals surface area (Å²) in [5.74, 6) is 0. The SMILES string of the molecule is CN1CC(N2CCN([C-]=C/C=C\[CH]=[W])CC2)C1. The van der Waals surface area contributed by atoms with Gasteiger partial charge in [0.05, 0.1) is 0 Å². The van der Waals surface area contributed by atoms with Crippen LogP contribution in [-0.2, 0) is 19.4 Å². The van der Waals surface area contributed by atoms with Crippen molar-refractivity contribution in [3.05, 3.63) is 24.4 Å². The molecular weight excluding hydrogens is 382 g/mol. The fourth-order valence-corrected chi connectivity index (χ4v) is 2.69. The molecule has 2 aliphatic heterocycles. The van der Waals surface area contributed by atoms with Crippen LogP contribution in [0.25, 0.3) is 0 Å². The molecule has 0 N–H and O–H groups in total. The standard InChI is InChI=1S/C13H20N3.W/c1-3-4-5-6-15-7-9-16(10-8-15)13-11-14(2)12-13;/h1,3-5,13H,7-12H2,2H3;/q-1;/b4-3-;. The number of hydrogen-bond acceptors (Lipinski definition) is 3. The van der Waals surface area contributed by atoms with Gasteiger partial charge in [-0.1, -0.05) is 0 Å². The molecule has 0 radical (unpaired) electrons. The van der Waals surface area contributed by atoms with Crippen molar-refractivity contribution < 1.29 is 19.4 Å². The molecular formula is C13H20N3W-. The molecule has 0 saturated carbocycles. The second kappa shape index (κ2) is 6.63. The van der Waals surface area contributed by atoms with Crippen LogP contribution in [0.1, 0.15) is 0 Å². The van der Waals surface area contributed by atoms with E-state index in [1.807, 2.05) is 6.08 Å². The fourth-order valence-electron chi connectivity index (χ4n) is 2.36. The van der Waals surface area contributed by atoms with Crippen LogP contribution in [0.4, 0.5) is 0 Å². The molecule has 4 heteroatoms. The molecule has 2 heterocycles. The van der Waals surface area contributed by atoms with Crippen LogP contribution < -0.4 is 0 Å². The van der Waals surface area contributed by atoms with Crippen molar-refractivity contribution in [3.8, 4) is 0 Å². The number of rotatable bonds is 4. The first-order valence-corrected chi connectivity index (χ1v) is 7.86. The number of likely N-dealkylation sites (N-methyl/N-ethyl adjacent to an activating group) is 1. The van der Waals surface area contributed by atoms with Gasteiger partial charge in [0.25, 0.3) is 0 Å². The quantitative estimate of drug-likeness (QED) is 0.490. The molecule has 2 rings (SSSR count). The normalized spacial score (nSPS) is 24.6. The van der Waals surface area contributed by atoms with Crippen molar-refractivity contribution in [2.45, 2.75) is 6.04 Å². The van der Waals surface area contributed by atoms with Gasteiger partial charge in [0.1, 0.15) is 0 Å². The molecule has 0 bridgehead atoms. The third-order valence-corrected chi connectivity index (χ3v) is 3.98. The number of nitrogens with zero attached hydrogens (tertiary/aromatic N) is 3. The zero-order valence-corrected chi connectivity index (χ0v) is 13.3. The second-order valence-electron chi connectivity index (χ2n) is 4.71.